The van der Waals surface area contributed by atoms with E-state index in [2.05, 4.69) is 10.6 Å². The standard InChI is InChI=1S/C20H17F3N2O2/c21-20(22,23)14-5-3-13(4-6-14)19(8-1-9-19)18(27)25-15-7-2-12-11-24-17(26)16(12)10-15/h2-7,10H,1,8-9,11H2,(H,24,26)(H,25,27). The van der Waals surface area contributed by atoms with Crippen LogP contribution in [0.25, 0.3) is 0 Å². The van der Waals surface area contributed by atoms with Crippen molar-refractivity contribution in [3.05, 3.63) is 64.7 Å². The number of nitrogens with one attached hydrogen (secondary N) is 2. The number of hydrogen-bond donors (Lipinski definition) is 2. The van der Waals surface area contributed by atoms with Gasteiger partial charge in [-0.1, -0.05) is 24.6 Å². The maximum atomic E-state index is 12.9. The van der Waals surface area contributed by atoms with Crippen LogP contribution in [-0.2, 0) is 22.9 Å². The van der Waals surface area contributed by atoms with Gasteiger partial charge in [-0.15, -0.1) is 0 Å². The van der Waals surface area contributed by atoms with E-state index >= 15 is 0 Å². The van der Waals surface area contributed by atoms with E-state index in [1.54, 1.807) is 18.2 Å². The molecular formula is C20H17F3N2O2. The highest BCUT2D eigenvalue weighted by molar-refractivity contribution is 6.03. The van der Waals surface area contributed by atoms with Crippen molar-refractivity contribution >= 4 is 17.5 Å². The van der Waals surface area contributed by atoms with Crippen molar-refractivity contribution in [2.45, 2.75) is 37.4 Å². The normalized spacial score (nSPS) is 17.7. The zero-order valence-corrected chi connectivity index (χ0v) is 14.3. The van der Waals surface area contributed by atoms with Gasteiger partial charge in [0.2, 0.25) is 5.91 Å². The number of benzene rings is 2. The van der Waals surface area contributed by atoms with Crippen LogP contribution in [0.5, 0.6) is 0 Å². The highest BCUT2D eigenvalue weighted by atomic mass is 19.4. The molecule has 4 rings (SSSR count). The molecule has 2 aliphatic rings. The Labute approximate surface area is 153 Å². The molecule has 2 aromatic carbocycles. The van der Waals surface area contributed by atoms with Gasteiger partial charge in [0, 0.05) is 17.8 Å². The minimum absolute atomic E-state index is 0.179. The highest BCUT2D eigenvalue weighted by Crippen LogP contribution is 2.45. The van der Waals surface area contributed by atoms with Gasteiger partial charge < -0.3 is 10.6 Å². The van der Waals surface area contributed by atoms with Gasteiger partial charge in [0.15, 0.2) is 0 Å². The molecule has 0 atom stereocenters. The van der Waals surface area contributed by atoms with Crippen LogP contribution in [0.2, 0.25) is 0 Å². The van der Waals surface area contributed by atoms with Crippen LogP contribution in [0.1, 0.15) is 46.3 Å². The summed E-state index contributed by atoms with van der Waals surface area (Å²) in [6.07, 6.45) is -2.41. The minimum Gasteiger partial charge on any atom is -0.348 e. The Bertz CT molecular complexity index is 916. The summed E-state index contributed by atoms with van der Waals surface area (Å²) in [5.41, 5.74) is 0.938. The minimum atomic E-state index is -4.40. The third-order valence-corrected chi connectivity index (χ3v) is 5.46. The molecule has 1 aliphatic carbocycles. The third kappa shape index (κ3) is 2.97. The Kier molecular flexibility index (Phi) is 3.98. The lowest BCUT2D eigenvalue weighted by Crippen LogP contribution is -2.46. The van der Waals surface area contributed by atoms with Gasteiger partial charge in [-0.05, 0) is 48.2 Å². The first-order valence-electron chi connectivity index (χ1n) is 8.70. The molecule has 2 amide bonds. The lowest BCUT2D eigenvalue weighted by molar-refractivity contribution is -0.137. The van der Waals surface area contributed by atoms with Crippen molar-refractivity contribution in [1.82, 2.24) is 5.32 Å². The van der Waals surface area contributed by atoms with Crippen molar-refractivity contribution in [3.8, 4) is 0 Å². The van der Waals surface area contributed by atoms with Crippen LogP contribution in [0.15, 0.2) is 42.5 Å². The smallest absolute Gasteiger partial charge is 0.348 e. The quantitative estimate of drug-likeness (QED) is 0.853. The molecule has 140 valence electrons. The Morgan fingerprint density at radius 1 is 1.07 bits per heavy atom. The number of anilines is 1. The van der Waals surface area contributed by atoms with E-state index in [1.165, 1.54) is 12.1 Å². The Balaban J connectivity index is 1.58. The number of fused-ring (bicyclic) bond motifs is 1. The molecule has 0 unspecified atom stereocenters. The molecule has 0 bridgehead atoms. The number of rotatable bonds is 3. The summed E-state index contributed by atoms with van der Waals surface area (Å²) in [7, 11) is 0. The van der Waals surface area contributed by atoms with E-state index < -0.39 is 17.2 Å². The van der Waals surface area contributed by atoms with E-state index in [0.29, 0.717) is 36.2 Å². The van der Waals surface area contributed by atoms with E-state index in [0.717, 1.165) is 24.1 Å². The molecule has 1 aliphatic heterocycles. The van der Waals surface area contributed by atoms with Crippen LogP contribution >= 0.6 is 0 Å². The summed E-state index contributed by atoms with van der Waals surface area (Å²) in [5, 5.41) is 5.55. The van der Waals surface area contributed by atoms with Gasteiger partial charge in [0.25, 0.3) is 5.91 Å². The van der Waals surface area contributed by atoms with Crippen LogP contribution in [-0.4, -0.2) is 11.8 Å². The molecule has 0 saturated heterocycles. The monoisotopic (exact) mass is 374 g/mol. The van der Waals surface area contributed by atoms with Crippen molar-refractivity contribution in [2.75, 3.05) is 5.32 Å². The van der Waals surface area contributed by atoms with Gasteiger partial charge in [0.1, 0.15) is 0 Å². The van der Waals surface area contributed by atoms with Crippen LogP contribution < -0.4 is 10.6 Å². The zero-order chi connectivity index (χ0) is 19.2. The molecule has 2 aromatic rings. The summed E-state index contributed by atoms with van der Waals surface area (Å²) >= 11 is 0. The lowest BCUT2D eigenvalue weighted by atomic mass is 9.63. The maximum Gasteiger partial charge on any atom is 0.416 e. The predicted octanol–water partition coefficient (Wildman–Crippen LogP) is 4.01. The molecule has 2 N–H and O–H groups in total. The third-order valence-electron chi connectivity index (χ3n) is 5.46. The van der Waals surface area contributed by atoms with E-state index in [9.17, 15) is 22.8 Å². The molecule has 0 aromatic heterocycles. The van der Waals surface area contributed by atoms with E-state index in [4.69, 9.17) is 0 Å². The van der Waals surface area contributed by atoms with Crippen LogP contribution in [0.3, 0.4) is 0 Å². The molecule has 0 spiro atoms. The summed E-state index contributed by atoms with van der Waals surface area (Å²) in [5.74, 6) is -0.436. The fourth-order valence-electron chi connectivity index (χ4n) is 3.70. The molecule has 1 fully saturated rings. The molecule has 4 nitrogen and oxygen atoms in total. The van der Waals surface area contributed by atoms with Gasteiger partial charge in [0.05, 0.1) is 11.0 Å². The van der Waals surface area contributed by atoms with E-state index in [-0.39, 0.29) is 11.8 Å². The molecular weight excluding hydrogens is 357 g/mol. The molecule has 7 heteroatoms. The lowest BCUT2D eigenvalue weighted by Gasteiger charge is -2.40. The number of hydrogen-bond acceptors (Lipinski definition) is 2. The number of alkyl halides is 3. The van der Waals surface area contributed by atoms with Crippen LogP contribution in [0.4, 0.5) is 18.9 Å². The van der Waals surface area contributed by atoms with Crippen molar-refractivity contribution in [2.24, 2.45) is 0 Å². The topological polar surface area (TPSA) is 58.2 Å². The van der Waals surface area contributed by atoms with E-state index in [1.807, 2.05) is 0 Å². The second kappa shape index (κ2) is 6.11. The molecule has 0 radical (unpaired) electrons. The van der Waals surface area contributed by atoms with Crippen molar-refractivity contribution < 1.29 is 22.8 Å². The zero-order valence-electron chi connectivity index (χ0n) is 14.3. The SMILES string of the molecule is O=C1NCc2ccc(NC(=O)C3(c4ccc(C(F)(F)F)cc4)CCC3)cc21. The molecule has 1 saturated carbocycles. The fraction of sp³-hybridized carbons (Fsp3) is 0.300. The Morgan fingerprint density at radius 3 is 2.37 bits per heavy atom. The fourth-order valence-corrected chi connectivity index (χ4v) is 3.70. The average Bonchev–Trinajstić information content (AvgIpc) is 2.94. The second-order valence-corrected chi connectivity index (χ2v) is 7.02. The number of amides is 2. The summed E-state index contributed by atoms with van der Waals surface area (Å²) in [6, 6.07) is 9.96. The Morgan fingerprint density at radius 2 is 1.78 bits per heavy atom. The average molecular weight is 374 g/mol. The number of halogens is 3. The number of carbonyl (C=O) groups is 2. The largest absolute Gasteiger partial charge is 0.416 e. The summed E-state index contributed by atoms with van der Waals surface area (Å²) < 4.78 is 38.4. The van der Waals surface area contributed by atoms with Gasteiger partial charge >= 0.3 is 6.18 Å². The molecule has 27 heavy (non-hydrogen) atoms. The van der Waals surface area contributed by atoms with Gasteiger partial charge in [-0.3, -0.25) is 9.59 Å². The van der Waals surface area contributed by atoms with Gasteiger partial charge in [-0.25, -0.2) is 0 Å². The highest BCUT2D eigenvalue weighted by Gasteiger charge is 2.46. The van der Waals surface area contributed by atoms with Gasteiger partial charge in [-0.2, -0.15) is 13.2 Å². The Hall–Kier alpha value is -2.83. The number of carbonyl (C=O) groups excluding carboxylic acids is 2. The maximum absolute atomic E-state index is 12.9. The van der Waals surface area contributed by atoms with Crippen molar-refractivity contribution in [3.63, 3.8) is 0 Å². The first-order valence-corrected chi connectivity index (χ1v) is 8.70. The first kappa shape index (κ1) is 17.6. The van der Waals surface area contributed by atoms with Crippen LogP contribution in [0, 0.1) is 0 Å². The predicted molar refractivity (Wildman–Crippen MR) is 93.2 cm³/mol. The summed E-state index contributed by atoms with van der Waals surface area (Å²) in [6.45, 7) is 0.470. The second-order valence-electron chi connectivity index (χ2n) is 7.02. The summed E-state index contributed by atoms with van der Waals surface area (Å²) in [4.78, 5) is 24.7. The van der Waals surface area contributed by atoms with Crippen molar-refractivity contribution in [1.29, 1.82) is 0 Å². The molecule has 1 heterocycles. The first-order chi connectivity index (χ1) is 12.8.